The first-order valence-electron chi connectivity index (χ1n) is 9.54. The zero-order chi connectivity index (χ0) is 24.7. The Kier molecular flexibility index (Phi) is 6.81. The number of ether oxygens (including phenoxy) is 1. The third kappa shape index (κ3) is 4.13. The maximum absolute atomic E-state index is 13.3. The lowest BCUT2D eigenvalue weighted by atomic mass is 9.84. The number of thiazole rings is 1. The first-order chi connectivity index (χ1) is 16.2. The molecular weight excluding hydrogens is 540 g/mol. The van der Waals surface area contributed by atoms with E-state index in [9.17, 15) is 14.9 Å². The second kappa shape index (κ2) is 9.49. The van der Waals surface area contributed by atoms with Crippen molar-refractivity contribution in [2.45, 2.75) is 5.92 Å². The number of halogens is 4. The molecule has 0 saturated heterocycles. The van der Waals surface area contributed by atoms with Gasteiger partial charge in [0.2, 0.25) is 0 Å². The number of allylic oxidation sites excluding steroid dienone is 1. The highest BCUT2D eigenvalue weighted by Crippen LogP contribution is 2.40. The molecule has 2 aromatic carbocycles. The lowest BCUT2D eigenvalue weighted by Crippen LogP contribution is -2.40. The molecule has 34 heavy (non-hydrogen) atoms. The molecule has 1 aliphatic rings. The van der Waals surface area contributed by atoms with E-state index >= 15 is 0 Å². The van der Waals surface area contributed by atoms with Crippen LogP contribution in [-0.4, -0.2) is 17.6 Å². The van der Waals surface area contributed by atoms with Gasteiger partial charge in [-0.3, -0.25) is 9.36 Å². The molecule has 2 heterocycles. The normalized spacial score (nSPS) is 15.8. The van der Waals surface area contributed by atoms with Gasteiger partial charge in [0.25, 0.3) is 5.56 Å². The van der Waals surface area contributed by atoms with Crippen LogP contribution in [0.15, 0.2) is 46.8 Å². The van der Waals surface area contributed by atoms with Gasteiger partial charge in [-0.25, -0.2) is 4.79 Å². The molecule has 3 aromatic rings. The molecule has 6 nitrogen and oxygen atoms in total. The third-order valence-electron chi connectivity index (χ3n) is 5.20. The van der Waals surface area contributed by atoms with Crippen molar-refractivity contribution in [3.05, 3.63) is 92.7 Å². The van der Waals surface area contributed by atoms with Gasteiger partial charge >= 0.3 is 5.97 Å². The van der Waals surface area contributed by atoms with Crippen molar-refractivity contribution < 1.29 is 9.53 Å². The number of hydrogen-bond donors (Lipinski definition) is 1. The van der Waals surface area contributed by atoms with E-state index in [1.807, 2.05) is 6.07 Å². The summed E-state index contributed by atoms with van der Waals surface area (Å²) in [5, 5.41) is 11.4. The fourth-order valence-electron chi connectivity index (χ4n) is 3.66. The van der Waals surface area contributed by atoms with Crippen molar-refractivity contribution in [3.63, 3.8) is 0 Å². The van der Waals surface area contributed by atoms with Crippen molar-refractivity contribution in [3.8, 4) is 6.07 Å². The summed E-state index contributed by atoms with van der Waals surface area (Å²) in [4.78, 5) is 26.3. The summed E-state index contributed by atoms with van der Waals surface area (Å²) in [7, 11) is 1.21. The zero-order valence-corrected chi connectivity index (χ0v) is 21.1. The molecule has 0 radical (unpaired) electrons. The van der Waals surface area contributed by atoms with E-state index in [1.54, 1.807) is 36.4 Å². The number of rotatable bonds is 3. The van der Waals surface area contributed by atoms with Crippen LogP contribution in [0.5, 0.6) is 0 Å². The first kappa shape index (κ1) is 24.4. The molecule has 172 valence electrons. The van der Waals surface area contributed by atoms with Crippen LogP contribution in [0.3, 0.4) is 0 Å². The number of nitrogens with two attached hydrogens (primary N) is 1. The number of carbonyl (C=O) groups is 1. The lowest BCUT2D eigenvalue weighted by molar-refractivity contribution is -0.134. The van der Waals surface area contributed by atoms with Gasteiger partial charge in [-0.2, -0.15) is 5.26 Å². The number of benzene rings is 2. The highest BCUT2D eigenvalue weighted by Gasteiger charge is 2.37. The highest BCUT2D eigenvalue weighted by atomic mass is 35.5. The second-order valence-electron chi connectivity index (χ2n) is 7.14. The Balaban J connectivity index is 2.12. The SMILES string of the molecule is COC(=O)C1=c2s/c(=C\c3ccc(Cl)cc3Cl)c(=O)n2C(N)=C(C#N)C1c1ccc(Cl)cc1Cl. The maximum Gasteiger partial charge on any atom is 0.337 e. The minimum atomic E-state index is -0.966. The van der Waals surface area contributed by atoms with E-state index in [4.69, 9.17) is 56.9 Å². The Hall–Kier alpha value is -2.73. The number of nitrogens with zero attached hydrogens (tertiary/aromatic N) is 2. The van der Waals surface area contributed by atoms with Crippen molar-refractivity contribution in [1.29, 1.82) is 5.26 Å². The van der Waals surface area contributed by atoms with Crippen LogP contribution in [-0.2, 0) is 9.53 Å². The average Bonchev–Trinajstić information content (AvgIpc) is 3.11. The molecule has 11 heteroatoms. The Bertz CT molecular complexity index is 1620. The molecular formula is C23H13Cl4N3O3S. The summed E-state index contributed by atoms with van der Waals surface area (Å²) < 4.78 is 6.61. The maximum atomic E-state index is 13.3. The minimum Gasteiger partial charge on any atom is -0.466 e. The molecule has 0 saturated carbocycles. The van der Waals surface area contributed by atoms with Crippen molar-refractivity contribution in [1.82, 2.24) is 4.57 Å². The molecule has 1 aromatic heterocycles. The van der Waals surface area contributed by atoms with Crippen LogP contribution in [0.25, 0.3) is 17.5 Å². The van der Waals surface area contributed by atoms with E-state index in [0.29, 0.717) is 26.2 Å². The number of aromatic nitrogens is 1. The predicted molar refractivity (Wildman–Crippen MR) is 136 cm³/mol. The van der Waals surface area contributed by atoms with Crippen molar-refractivity contribution >= 4 is 81.2 Å². The number of esters is 1. The highest BCUT2D eigenvalue weighted by molar-refractivity contribution is 7.07. The van der Waals surface area contributed by atoms with Gasteiger partial charge in [0.1, 0.15) is 10.5 Å². The average molecular weight is 553 g/mol. The molecule has 1 unspecified atom stereocenters. The summed E-state index contributed by atoms with van der Waals surface area (Å²) >= 11 is 25.7. The summed E-state index contributed by atoms with van der Waals surface area (Å²) in [6.45, 7) is 0. The lowest BCUT2D eigenvalue weighted by Gasteiger charge is -2.25. The van der Waals surface area contributed by atoms with Gasteiger partial charge in [-0.15, -0.1) is 11.3 Å². The largest absolute Gasteiger partial charge is 0.466 e. The van der Waals surface area contributed by atoms with Crippen molar-refractivity contribution in [2.24, 2.45) is 5.73 Å². The van der Waals surface area contributed by atoms with Gasteiger partial charge in [-0.05, 0) is 41.5 Å². The fraction of sp³-hybridized carbons (Fsp3) is 0.0870. The van der Waals surface area contributed by atoms with E-state index < -0.39 is 17.4 Å². The molecule has 2 N–H and O–H groups in total. The van der Waals surface area contributed by atoms with Gasteiger partial charge in [0.05, 0.1) is 34.8 Å². The van der Waals surface area contributed by atoms with Gasteiger partial charge in [0, 0.05) is 20.1 Å². The summed E-state index contributed by atoms with van der Waals surface area (Å²) in [5.41, 5.74) is 6.79. The number of methoxy groups -OCH3 is 1. The molecule has 0 spiro atoms. The van der Waals surface area contributed by atoms with Gasteiger partial charge < -0.3 is 10.5 Å². The molecule has 0 bridgehead atoms. The zero-order valence-electron chi connectivity index (χ0n) is 17.2. The minimum absolute atomic E-state index is 0.0203. The number of hydrogen-bond acceptors (Lipinski definition) is 6. The Morgan fingerprint density at radius 3 is 2.38 bits per heavy atom. The van der Waals surface area contributed by atoms with Crippen LogP contribution < -0.4 is 20.5 Å². The number of nitriles is 1. The Labute approximate surface area is 217 Å². The Morgan fingerprint density at radius 2 is 1.79 bits per heavy atom. The number of fused-ring (bicyclic) bond motifs is 1. The second-order valence-corrected chi connectivity index (χ2v) is 9.85. The van der Waals surface area contributed by atoms with Crippen LogP contribution in [0, 0.1) is 11.3 Å². The fourth-order valence-corrected chi connectivity index (χ4v) is 5.80. The molecule has 1 atom stereocenters. The van der Waals surface area contributed by atoms with Crippen LogP contribution in [0.1, 0.15) is 17.0 Å². The van der Waals surface area contributed by atoms with E-state index in [0.717, 1.165) is 15.9 Å². The first-order valence-corrected chi connectivity index (χ1v) is 11.9. The summed E-state index contributed by atoms with van der Waals surface area (Å²) in [6, 6.07) is 11.6. The monoisotopic (exact) mass is 551 g/mol. The van der Waals surface area contributed by atoms with Crippen LogP contribution in [0.2, 0.25) is 20.1 Å². The van der Waals surface area contributed by atoms with Crippen molar-refractivity contribution in [2.75, 3.05) is 7.11 Å². The Morgan fingerprint density at radius 1 is 1.15 bits per heavy atom. The molecule has 0 amide bonds. The van der Waals surface area contributed by atoms with E-state index in [-0.39, 0.29) is 31.2 Å². The molecule has 0 aliphatic carbocycles. The van der Waals surface area contributed by atoms with E-state index in [2.05, 4.69) is 0 Å². The smallest absolute Gasteiger partial charge is 0.337 e. The standard InChI is InChI=1S/C23H13Cl4N3O3S/c1-33-23(32)19-18(13-5-4-12(25)8-16(13)27)14(9-28)20(29)30-21(31)17(34-22(19)30)6-10-2-3-11(24)7-15(10)26/h2-8,18H,29H2,1H3/b17-6-. The topological polar surface area (TPSA) is 98.1 Å². The van der Waals surface area contributed by atoms with Gasteiger partial charge in [-0.1, -0.05) is 58.5 Å². The third-order valence-corrected chi connectivity index (χ3v) is 7.43. The van der Waals surface area contributed by atoms with E-state index in [1.165, 1.54) is 13.2 Å². The van der Waals surface area contributed by atoms with Crippen LogP contribution in [0.4, 0.5) is 0 Å². The summed E-state index contributed by atoms with van der Waals surface area (Å²) in [6.07, 6.45) is 1.56. The van der Waals surface area contributed by atoms with Crippen LogP contribution >= 0.6 is 57.7 Å². The van der Waals surface area contributed by atoms with Gasteiger partial charge in [0.15, 0.2) is 0 Å². The number of carbonyl (C=O) groups excluding carboxylic acids is 1. The summed E-state index contributed by atoms with van der Waals surface area (Å²) in [5.74, 6) is -1.81. The predicted octanol–water partition coefficient (Wildman–Crippen LogP) is 4.12. The molecule has 1 aliphatic heterocycles. The quantitative estimate of drug-likeness (QED) is 0.493. The molecule has 0 fully saturated rings. The molecule has 4 rings (SSSR count).